The van der Waals surface area contributed by atoms with Crippen molar-refractivity contribution in [2.45, 2.75) is 44.8 Å². The average Bonchev–Trinajstić information content (AvgIpc) is 2.56. The monoisotopic (exact) mass is 212 g/mol. The minimum absolute atomic E-state index is 0.509. The Morgan fingerprint density at radius 3 is 2.79 bits per heavy atom. The van der Waals surface area contributed by atoms with Gasteiger partial charge in [0.1, 0.15) is 6.10 Å². The van der Waals surface area contributed by atoms with Crippen LogP contribution in [0.2, 0.25) is 0 Å². The highest BCUT2D eigenvalue weighted by Gasteiger charge is 2.28. The summed E-state index contributed by atoms with van der Waals surface area (Å²) in [7, 11) is 0. The van der Waals surface area contributed by atoms with Gasteiger partial charge in [0, 0.05) is 9.75 Å². The molecular formula is C11H16O2S. The van der Waals surface area contributed by atoms with Gasteiger partial charge >= 0.3 is 0 Å². The molecular weight excluding hydrogens is 196 g/mol. The summed E-state index contributed by atoms with van der Waals surface area (Å²) >= 11 is 1.78. The summed E-state index contributed by atoms with van der Waals surface area (Å²) in [5.41, 5.74) is 0.956. The molecule has 1 heterocycles. The third-order valence-corrected chi connectivity index (χ3v) is 4.29. The van der Waals surface area contributed by atoms with E-state index in [2.05, 4.69) is 19.9 Å². The van der Waals surface area contributed by atoms with Crippen LogP contribution < -0.4 is 0 Å². The van der Waals surface area contributed by atoms with Crippen molar-refractivity contribution < 1.29 is 10.2 Å². The van der Waals surface area contributed by atoms with Gasteiger partial charge in [0.25, 0.3) is 0 Å². The fourth-order valence-corrected chi connectivity index (χ4v) is 3.06. The van der Waals surface area contributed by atoms with Gasteiger partial charge < -0.3 is 10.2 Å². The first-order chi connectivity index (χ1) is 6.59. The van der Waals surface area contributed by atoms with Crippen molar-refractivity contribution in [2.75, 3.05) is 0 Å². The molecule has 0 bridgehead atoms. The zero-order valence-corrected chi connectivity index (χ0v) is 9.34. The number of aliphatic hydroxyl groups is 2. The molecule has 1 aromatic rings. The summed E-state index contributed by atoms with van der Waals surface area (Å²) in [6.07, 6.45) is 0.358. The van der Waals surface area contributed by atoms with Crippen molar-refractivity contribution in [3.63, 3.8) is 0 Å². The van der Waals surface area contributed by atoms with E-state index in [4.69, 9.17) is 0 Å². The summed E-state index contributed by atoms with van der Waals surface area (Å²) < 4.78 is 0. The van der Waals surface area contributed by atoms with Crippen molar-refractivity contribution in [3.05, 3.63) is 21.4 Å². The lowest BCUT2D eigenvalue weighted by Crippen LogP contribution is -2.23. The van der Waals surface area contributed by atoms with Gasteiger partial charge in [0.05, 0.1) is 6.10 Å². The maximum Gasteiger partial charge on any atom is 0.106 e. The van der Waals surface area contributed by atoms with E-state index in [1.807, 2.05) is 0 Å². The Hall–Kier alpha value is -0.380. The van der Waals surface area contributed by atoms with Crippen LogP contribution >= 0.6 is 11.3 Å². The molecule has 78 valence electrons. The second kappa shape index (κ2) is 3.65. The first kappa shape index (κ1) is 10.1. The molecule has 0 saturated carbocycles. The summed E-state index contributed by atoms with van der Waals surface area (Å²) in [5, 5.41) is 19.3. The van der Waals surface area contributed by atoms with Gasteiger partial charge in [0.2, 0.25) is 0 Å². The van der Waals surface area contributed by atoms with E-state index < -0.39 is 12.2 Å². The van der Waals surface area contributed by atoms with Crippen LogP contribution in [0.25, 0.3) is 0 Å². The van der Waals surface area contributed by atoms with Gasteiger partial charge in [-0.15, -0.1) is 11.3 Å². The number of aliphatic hydroxyl groups excluding tert-OH is 2. The first-order valence-electron chi connectivity index (χ1n) is 5.08. The predicted molar refractivity (Wildman–Crippen MR) is 57.7 cm³/mol. The Bertz CT molecular complexity index is 330. The minimum atomic E-state index is -0.664. The zero-order valence-electron chi connectivity index (χ0n) is 8.53. The van der Waals surface area contributed by atoms with Crippen LogP contribution in [-0.2, 0) is 6.42 Å². The lowest BCUT2D eigenvalue weighted by Gasteiger charge is -2.23. The van der Waals surface area contributed by atoms with Crippen LogP contribution in [0.5, 0.6) is 0 Å². The Kier molecular flexibility index (Phi) is 2.64. The molecule has 2 atom stereocenters. The van der Waals surface area contributed by atoms with Crippen LogP contribution in [0.4, 0.5) is 0 Å². The second-order valence-corrected chi connectivity index (χ2v) is 5.40. The van der Waals surface area contributed by atoms with Gasteiger partial charge in [0.15, 0.2) is 0 Å². The van der Waals surface area contributed by atoms with E-state index in [9.17, 15) is 10.2 Å². The molecule has 1 aromatic heterocycles. The lowest BCUT2D eigenvalue weighted by molar-refractivity contribution is 0.00723. The Morgan fingerprint density at radius 1 is 1.43 bits per heavy atom. The number of hydrogen-bond donors (Lipinski definition) is 2. The van der Waals surface area contributed by atoms with Crippen molar-refractivity contribution in [1.29, 1.82) is 0 Å². The van der Waals surface area contributed by atoms with Crippen LogP contribution in [0, 0.1) is 0 Å². The largest absolute Gasteiger partial charge is 0.390 e. The number of aryl methyl sites for hydroxylation is 1. The lowest BCUT2D eigenvalue weighted by atomic mass is 9.93. The van der Waals surface area contributed by atoms with Gasteiger partial charge in [-0.3, -0.25) is 0 Å². The maximum absolute atomic E-state index is 9.78. The Balaban J connectivity index is 2.36. The number of rotatable bonds is 1. The molecule has 2 N–H and O–H groups in total. The zero-order chi connectivity index (χ0) is 10.3. The molecule has 0 saturated heterocycles. The standard InChI is InChI=1S/C11H16O2S/c1-6(2)10-5-7-9(14-10)4-3-8(12)11(7)13/h5-6,8,11-13H,3-4H2,1-2H3. The molecule has 2 nitrogen and oxygen atoms in total. The fourth-order valence-electron chi connectivity index (χ4n) is 1.84. The van der Waals surface area contributed by atoms with Gasteiger partial charge in [-0.2, -0.15) is 0 Å². The molecule has 2 unspecified atom stereocenters. The molecule has 14 heavy (non-hydrogen) atoms. The average molecular weight is 212 g/mol. The topological polar surface area (TPSA) is 40.5 Å². The van der Waals surface area contributed by atoms with Crippen molar-refractivity contribution in [3.8, 4) is 0 Å². The molecule has 0 aromatic carbocycles. The second-order valence-electron chi connectivity index (χ2n) is 4.23. The van der Waals surface area contributed by atoms with E-state index in [-0.39, 0.29) is 0 Å². The molecule has 0 aliphatic heterocycles. The van der Waals surface area contributed by atoms with Crippen molar-refractivity contribution in [2.24, 2.45) is 0 Å². The highest BCUT2D eigenvalue weighted by molar-refractivity contribution is 7.12. The fraction of sp³-hybridized carbons (Fsp3) is 0.636. The summed E-state index contributed by atoms with van der Waals surface area (Å²) in [6, 6.07) is 2.05. The van der Waals surface area contributed by atoms with Crippen LogP contribution in [0.1, 0.15) is 47.6 Å². The molecule has 2 rings (SSSR count). The van der Waals surface area contributed by atoms with Crippen LogP contribution in [-0.4, -0.2) is 16.3 Å². The predicted octanol–water partition coefficient (Wildman–Crippen LogP) is 2.21. The van der Waals surface area contributed by atoms with E-state index >= 15 is 0 Å². The third-order valence-electron chi connectivity index (χ3n) is 2.78. The molecule has 3 heteroatoms. The molecule has 0 spiro atoms. The molecule has 1 aliphatic rings. The quantitative estimate of drug-likeness (QED) is 0.749. The molecule has 0 radical (unpaired) electrons. The Morgan fingerprint density at radius 2 is 2.14 bits per heavy atom. The third kappa shape index (κ3) is 1.60. The van der Waals surface area contributed by atoms with E-state index in [0.29, 0.717) is 12.3 Å². The van der Waals surface area contributed by atoms with E-state index in [1.54, 1.807) is 11.3 Å². The number of thiophene rings is 1. The highest BCUT2D eigenvalue weighted by Crippen LogP contribution is 2.38. The molecule has 1 aliphatic carbocycles. The minimum Gasteiger partial charge on any atom is -0.390 e. The van der Waals surface area contributed by atoms with Crippen LogP contribution in [0.15, 0.2) is 6.07 Å². The van der Waals surface area contributed by atoms with Crippen molar-refractivity contribution in [1.82, 2.24) is 0 Å². The number of fused-ring (bicyclic) bond motifs is 1. The first-order valence-corrected chi connectivity index (χ1v) is 5.90. The summed E-state index contributed by atoms with van der Waals surface area (Å²) in [6.45, 7) is 4.31. The summed E-state index contributed by atoms with van der Waals surface area (Å²) in [4.78, 5) is 2.56. The van der Waals surface area contributed by atoms with Crippen molar-refractivity contribution >= 4 is 11.3 Å². The molecule has 0 amide bonds. The smallest absolute Gasteiger partial charge is 0.106 e. The normalized spacial score (nSPS) is 26.6. The SMILES string of the molecule is CC(C)c1cc2c(s1)CCC(O)C2O. The van der Waals surface area contributed by atoms with E-state index in [1.165, 1.54) is 9.75 Å². The maximum atomic E-state index is 9.78. The molecule has 0 fully saturated rings. The highest BCUT2D eigenvalue weighted by atomic mass is 32.1. The van der Waals surface area contributed by atoms with E-state index in [0.717, 1.165) is 12.0 Å². The van der Waals surface area contributed by atoms with Gasteiger partial charge in [-0.1, -0.05) is 13.8 Å². The van der Waals surface area contributed by atoms with Gasteiger partial charge in [-0.25, -0.2) is 0 Å². The summed E-state index contributed by atoms with van der Waals surface area (Å²) in [5.74, 6) is 0.509. The van der Waals surface area contributed by atoms with Gasteiger partial charge in [-0.05, 0) is 30.4 Å². The Labute approximate surface area is 88.2 Å². The van der Waals surface area contributed by atoms with Crippen LogP contribution in [0.3, 0.4) is 0 Å². The number of hydrogen-bond acceptors (Lipinski definition) is 3.